The second kappa shape index (κ2) is 7.17. The van der Waals surface area contributed by atoms with Crippen molar-refractivity contribution in [2.75, 3.05) is 13.1 Å². The second-order valence-corrected chi connectivity index (χ2v) is 5.47. The van der Waals surface area contributed by atoms with Gasteiger partial charge in [0.1, 0.15) is 24.0 Å². The average Bonchev–Trinajstić information content (AvgIpc) is 3.09. The van der Waals surface area contributed by atoms with Crippen LogP contribution in [0.1, 0.15) is 19.3 Å². The van der Waals surface area contributed by atoms with Crippen LogP contribution in [0.15, 0.2) is 30.6 Å². The molecule has 8 heteroatoms. The minimum atomic E-state index is -0.277. The Morgan fingerprint density at radius 3 is 2.65 bits per heavy atom. The number of aryl methyl sites for hydroxylation is 1. The summed E-state index contributed by atoms with van der Waals surface area (Å²) in [4.78, 5) is 14.0. The molecule has 2 aromatic rings. The smallest absolute Gasteiger partial charge is 0.224 e. The molecule has 3 rings (SSSR count). The van der Waals surface area contributed by atoms with E-state index in [0.717, 1.165) is 12.8 Å². The minimum absolute atomic E-state index is 0.0593. The molecule has 1 aliphatic rings. The molecule has 1 saturated heterocycles. The summed E-state index contributed by atoms with van der Waals surface area (Å²) in [6, 6.07) is 6.01. The zero-order valence-electron chi connectivity index (χ0n) is 12.6. The Kier molecular flexibility index (Phi) is 4.80. The Morgan fingerprint density at radius 2 is 2.00 bits per heavy atom. The summed E-state index contributed by atoms with van der Waals surface area (Å²) in [6.07, 6.45) is 3.48. The fourth-order valence-electron chi connectivity index (χ4n) is 2.58. The molecule has 0 spiro atoms. The number of hydrogen-bond donors (Lipinski definition) is 0. The summed E-state index contributed by atoms with van der Waals surface area (Å²) in [7, 11) is 0. The lowest BCUT2D eigenvalue weighted by Gasteiger charge is -2.32. The van der Waals surface area contributed by atoms with Crippen LogP contribution in [-0.2, 0) is 11.3 Å². The fraction of sp³-hybridized carbons (Fsp3) is 0.467. The summed E-state index contributed by atoms with van der Waals surface area (Å²) in [5.74, 6) is 0.482. The normalized spacial score (nSPS) is 15.6. The monoisotopic (exact) mass is 319 g/mol. The molecular formula is C15H18FN5O2. The molecule has 0 saturated carbocycles. The van der Waals surface area contributed by atoms with Gasteiger partial charge in [-0.15, -0.1) is 5.10 Å². The molecule has 2 heterocycles. The van der Waals surface area contributed by atoms with Gasteiger partial charge in [-0.2, -0.15) is 0 Å². The maximum Gasteiger partial charge on any atom is 0.224 e. The molecule has 0 unspecified atom stereocenters. The summed E-state index contributed by atoms with van der Waals surface area (Å²) < 4.78 is 20.2. The van der Waals surface area contributed by atoms with Crippen molar-refractivity contribution in [3.8, 4) is 5.75 Å². The van der Waals surface area contributed by atoms with E-state index in [2.05, 4.69) is 15.5 Å². The Morgan fingerprint density at radius 1 is 1.26 bits per heavy atom. The molecule has 0 aliphatic carbocycles. The number of amides is 1. The Hall–Kier alpha value is -2.51. The second-order valence-electron chi connectivity index (χ2n) is 5.47. The number of hydrogen-bond acceptors (Lipinski definition) is 5. The molecule has 1 amide bonds. The van der Waals surface area contributed by atoms with Crippen LogP contribution in [0.4, 0.5) is 4.39 Å². The number of ether oxygens (including phenoxy) is 1. The number of piperidine rings is 1. The highest BCUT2D eigenvalue weighted by Gasteiger charge is 2.23. The molecule has 1 aromatic heterocycles. The highest BCUT2D eigenvalue weighted by Crippen LogP contribution is 2.19. The zero-order valence-corrected chi connectivity index (χ0v) is 12.6. The first-order valence-corrected chi connectivity index (χ1v) is 7.61. The SMILES string of the molecule is O=C(CCn1cnnn1)N1CCC(Oc2ccc(F)cc2)CC1. The van der Waals surface area contributed by atoms with E-state index in [1.165, 1.54) is 18.5 Å². The first-order chi connectivity index (χ1) is 11.2. The fourth-order valence-corrected chi connectivity index (χ4v) is 2.58. The maximum atomic E-state index is 12.9. The predicted octanol–water partition coefficient (Wildman–Crippen LogP) is 1.27. The lowest BCUT2D eigenvalue weighted by atomic mass is 10.1. The van der Waals surface area contributed by atoms with Gasteiger partial charge in [0, 0.05) is 32.4 Å². The Balaban J connectivity index is 1.42. The lowest BCUT2D eigenvalue weighted by molar-refractivity contribution is -0.133. The quantitative estimate of drug-likeness (QED) is 0.830. The zero-order chi connectivity index (χ0) is 16.1. The third kappa shape index (κ3) is 4.24. The molecule has 0 N–H and O–H groups in total. The number of benzene rings is 1. The van der Waals surface area contributed by atoms with E-state index in [9.17, 15) is 9.18 Å². The topological polar surface area (TPSA) is 73.1 Å². The molecular weight excluding hydrogens is 301 g/mol. The van der Waals surface area contributed by atoms with Crippen LogP contribution in [0.2, 0.25) is 0 Å². The van der Waals surface area contributed by atoms with Gasteiger partial charge < -0.3 is 9.64 Å². The van der Waals surface area contributed by atoms with E-state index in [1.807, 2.05) is 4.90 Å². The number of nitrogens with zero attached hydrogens (tertiary/aromatic N) is 5. The van der Waals surface area contributed by atoms with Gasteiger partial charge in [0.15, 0.2) is 0 Å². The van der Waals surface area contributed by atoms with Gasteiger partial charge >= 0.3 is 0 Å². The van der Waals surface area contributed by atoms with Gasteiger partial charge in [-0.3, -0.25) is 4.79 Å². The van der Waals surface area contributed by atoms with E-state index in [0.29, 0.717) is 31.8 Å². The number of carbonyl (C=O) groups excluding carboxylic acids is 1. The maximum absolute atomic E-state index is 12.9. The van der Waals surface area contributed by atoms with Crippen molar-refractivity contribution < 1.29 is 13.9 Å². The Labute approximate surface area is 133 Å². The van der Waals surface area contributed by atoms with E-state index in [-0.39, 0.29) is 17.8 Å². The van der Waals surface area contributed by atoms with E-state index >= 15 is 0 Å². The summed E-state index contributed by atoms with van der Waals surface area (Å²) in [5.41, 5.74) is 0. The van der Waals surface area contributed by atoms with Crippen molar-refractivity contribution in [1.29, 1.82) is 0 Å². The third-order valence-electron chi connectivity index (χ3n) is 3.86. The number of rotatable bonds is 5. The molecule has 0 radical (unpaired) electrons. The molecule has 0 atom stereocenters. The number of carbonyl (C=O) groups is 1. The highest BCUT2D eigenvalue weighted by molar-refractivity contribution is 5.76. The van der Waals surface area contributed by atoms with E-state index in [4.69, 9.17) is 4.74 Å². The van der Waals surface area contributed by atoms with Crippen LogP contribution in [0.3, 0.4) is 0 Å². The van der Waals surface area contributed by atoms with Gasteiger partial charge in [-0.25, -0.2) is 9.07 Å². The van der Waals surface area contributed by atoms with Crippen LogP contribution in [-0.4, -0.2) is 50.2 Å². The van der Waals surface area contributed by atoms with Crippen molar-refractivity contribution in [1.82, 2.24) is 25.1 Å². The van der Waals surface area contributed by atoms with Crippen molar-refractivity contribution in [3.63, 3.8) is 0 Å². The average molecular weight is 319 g/mol. The minimum Gasteiger partial charge on any atom is -0.490 e. The van der Waals surface area contributed by atoms with Crippen molar-refractivity contribution in [2.24, 2.45) is 0 Å². The highest BCUT2D eigenvalue weighted by atomic mass is 19.1. The molecule has 23 heavy (non-hydrogen) atoms. The van der Waals surface area contributed by atoms with Crippen LogP contribution < -0.4 is 4.74 Å². The van der Waals surface area contributed by atoms with Crippen LogP contribution >= 0.6 is 0 Å². The molecule has 7 nitrogen and oxygen atoms in total. The van der Waals surface area contributed by atoms with Crippen molar-refractivity contribution in [2.45, 2.75) is 31.9 Å². The van der Waals surface area contributed by atoms with Crippen LogP contribution in [0.25, 0.3) is 0 Å². The molecule has 1 aromatic carbocycles. The third-order valence-corrected chi connectivity index (χ3v) is 3.86. The van der Waals surface area contributed by atoms with Crippen molar-refractivity contribution >= 4 is 5.91 Å². The summed E-state index contributed by atoms with van der Waals surface area (Å²) in [5, 5.41) is 10.8. The number of halogens is 1. The van der Waals surface area contributed by atoms with Crippen LogP contribution in [0.5, 0.6) is 5.75 Å². The molecule has 1 fully saturated rings. The van der Waals surface area contributed by atoms with Gasteiger partial charge in [0.05, 0.1) is 6.54 Å². The van der Waals surface area contributed by atoms with E-state index in [1.54, 1.807) is 16.8 Å². The summed E-state index contributed by atoms with van der Waals surface area (Å²) >= 11 is 0. The van der Waals surface area contributed by atoms with Gasteiger partial charge in [-0.1, -0.05) is 0 Å². The summed E-state index contributed by atoms with van der Waals surface area (Å²) in [6.45, 7) is 1.82. The number of aromatic nitrogens is 4. The standard InChI is InChI=1S/C15H18FN5O2/c16-12-1-3-13(4-2-12)23-14-5-8-20(9-6-14)15(22)7-10-21-11-17-18-19-21/h1-4,11,14H,5-10H2. The Bertz CT molecular complexity index is 624. The van der Waals surface area contributed by atoms with Gasteiger partial charge in [0.25, 0.3) is 0 Å². The first kappa shape index (κ1) is 15.4. The first-order valence-electron chi connectivity index (χ1n) is 7.61. The molecule has 0 bridgehead atoms. The molecule has 1 aliphatic heterocycles. The number of tetrazole rings is 1. The number of likely N-dealkylation sites (tertiary alicyclic amines) is 1. The van der Waals surface area contributed by atoms with Gasteiger partial charge in [0.2, 0.25) is 5.91 Å². The largest absolute Gasteiger partial charge is 0.490 e. The van der Waals surface area contributed by atoms with E-state index < -0.39 is 0 Å². The van der Waals surface area contributed by atoms with Crippen LogP contribution in [0, 0.1) is 5.82 Å². The van der Waals surface area contributed by atoms with Crippen molar-refractivity contribution in [3.05, 3.63) is 36.4 Å². The lowest BCUT2D eigenvalue weighted by Crippen LogP contribution is -2.42. The van der Waals surface area contributed by atoms with Gasteiger partial charge in [-0.05, 0) is 34.7 Å². The predicted molar refractivity (Wildman–Crippen MR) is 79.1 cm³/mol. The molecule has 122 valence electrons.